The van der Waals surface area contributed by atoms with E-state index in [2.05, 4.69) is 17.3 Å². The van der Waals surface area contributed by atoms with E-state index in [-0.39, 0.29) is 11.7 Å². The van der Waals surface area contributed by atoms with Crippen LogP contribution in [0, 0.1) is 5.92 Å². The Balaban J connectivity index is 1.74. The number of likely N-dealkylation sites (tertiary alicyclic amines) is 1. The second-order valence-electron chi connectivity index (χ2n) is 6.00. The molecule has 1 aromatic rings. The number of thioether (sulfide) groups is 1. The van der Waals surface area contributed by atoms with Crippen LogP contribution in [0.25, 0.3) is 0 Å². The molecule has 0 bridgehead atoms. The van der Waals surface area contributed by atoms with Gasteiger partial charge in [0, 0.05) is 18.5 Å². The van der Waals surface area contributed by atoms with Crippen molar-refractivity contribution < 1.29 is 4.79 Å². The van der Waals surface area contributed by atoms with Gasteiger partial charge in [-0.15, -0.1) is 23.1 Å². The number of hydrogen-bond donors (Lipinski definition) is 2. The highest BCUT2D eigenvalue weighted by Gasteiger charge is 2.34. The molecule has 1 saturated carbocycles. The molecule has 2 heterocycles. The number of Topliss-reactive ketones (excluding diaryl/α,β-unsaturated/α-hetero) is 1. The van der Waals surface area contributed by atoms with Crippen molar-refractivity contribution in [3.05, 3.63) is 4.88 Å². The summed E-state index contributed by atoms with van der Waals surface area (Å²) in [6, 6.07) is 0.589. The highest BCUT2D eigenvalue weighted by molar-refractivity contribution is 7.99. The van der Waals surface area contributed by atoms with Crippen molar-refractivity contribution in [1.29, 1.82) is 0 Å². The van der Waals surface area contributed by atoms with Crippen molar-refractivity contribution in [2.45, 2.75) is 36.6 Å². The summed E-state index contributed by atoms with van der Waals surface area (Å²) in [7, 11) is 2.18. The van der Waals surface area contributed by atoms with Gasteiger partial charge in [-0.25, -0.2) is 0 Å². The van der Waals surface area contributed by atoms with E-state index < -0.39 is 0 Å². The molecule has 116 valence electrons. The fourth-order valence-electron chi connectivity index (χ4n) is 2.91. The summed E-state index contributed by atoms with van der Waals surface area (Å²) in [5.41, 5.74) is 6.90. The molecule has 0 amide bonds. The molecule has 2 fully saturated rings. The Labute approximate surface area is 134 Å². The fraction of sp³-hybridized carbons (Fsp3) is 0.667. The largest absolute Gasteiger partial charge is 0.396 e. The van der Waals surface area contributed by atoms with Crippen LogP contribution in [0.2, 0.25) is 0 Å². The van der Waals surface area contributed by atoms with E-state index in [1.54, 1.807) is 23.1 Å². The Morgan fingerprint density at radius 3 is 2.81 bits per heavy atom. The van der Waals surface area contributed by atoms with Gasteiger partial charge in [-0.05, 0) is 45.5 Å². The predicted molar refractivity (Wildman–Crippen MR) is 91.7 cm³/mol. The first-order valence-corrected chi connectivity index (χ1v) is 9.60. The topological polar surface area (TPSA) is 58.4 Å². The maximum Gasteiger partial charge on any atom is 0.178 e. The molecule has 1 aliphatic carbocycles. The Morgan fingerprint density at radius 2 is 2.24 bits per heavy atom. The van der Waals surface area contributed by atoms with E-state index in [4.69, 9.17) is 5.73 Å². The molecule has 0 spiro atoms. The van der Waals surface area contributed by atoms with Crippen molar-refractivity contribution in [1.82, 2.24) is 4.90 Å². The van der Waals surface area contributed by atoms with E-state index >= 15 is 0 Å². The molecule has 1 unspecified atom stereocenters. The minimum absolute atomic E-state index is 0.231. The molecule has 3 N–H and O–H groups in total. The number of carbonyl (C=O) groups is 1. The van der Waals surface area contributed by atoms with Gasteiger partial charge in [-0.3, -0.25) is 4.79 Å². The van der Waals surface area contributed by atoms with Crippen LogP contribution in [0.5, 0.6) is 0 Å². The smallest absolute Gasteiger partial charge is 0.178 e. The lowest BCUT2D eigenvalue weighted by Crippen LogP contribution is -2.31. The number of nitrogens with one attached hydrogen (secondary N) is 1. The third-order valence-electron chi connectivity index (χ3n) is 4.45. The second-order valence-corrected chi connectivity index (χ2v) is 7.84. The lowest BCUT2D eigenvalue weighted by Gasteiger charge is -2.20. The van der Waals surface area contributed by atoms with Crippen molar-refractivity contribution in [2.24, 2.45) is 5.92 Å². The number of nitrogens with two attached hydrogens (primary N) is 1. The van der Waals surface area contributed by atoms with E-state index in [1.165, 1.54) is 19.4 Å². The number of hydrogen-bond acceptors (Lipinski definition) is 6. The van der Waals surface area contributed by atoms with Crippen LogP contribution in [0.15, 0.2) is 4.90 Å². The monoisotopic (exact) mass is 325 g/mol. The first-order valence-electron chi connectivity index (χ1n) is 7.56. The lowest BCUT2D eigenvalue weighted by atomic mass is 10.2. The summed E-state index contributed by atoms with van der Waals surface area (Å²) in [5.74, 6) is 0.480. The SMILES string of the molecule is CSc1c(NCC2CCCN2C)sc(C(=O)C2CC2)c1N. The zero-order valence-electron chi connectivity index (χ0n) is 12.6. The number of ketones is 1. The van der Waals surface area contributed by atoms with Crippen LogP contribution in [0.3, 0.4) is 0 Å². The molecule has 0 radical (unpaired) electrons. The third kappa shape index (κ3) is 3.07. The first-order chi connectivity index (χ1) is 10.1. The molecule has 2 aliphatic rings. The zero-order chi connectivity index (χ0) is 15.0. The van der Waals surface area contributed by atoms with Crippen molar-refractivity contribution in [2.75, 3.05) is 37.4 Å². The highest BCUT2D eigenvalue weighted by atomic mass is 32.2. The maximum absolute atomic E-state index is 12.3. The predicted octanol–water partition coefficient (Wildman–Crippen LogP) is 3.15. The first kappa shape index (κ1) is 15.2. The number of likely N-dealkylation sites (N-methyl/N-ethyl adjacent to an activating group) is 1. The summed E-state index contributed by atoms with van der Waals surface area (Å²) in [6.45, 7) is 2.11. The van der Waals surface area contributed by atoms with E-state index in [0.717, 1.165) is 34.2 Å². The number of nitrogens with zero attached hydrogens (tertiary/aromatic N) is 1. The van der Waals surface area contributed by atoms with Crippen molar-refractivity contribution in [3.63, 3.8) is 0 Å². The van der Waals surface area contributed by atoms with E-state index in [1.807, 2.05) is 6.26 Å². The van der Waals surface area contributed by atoms with Crippen LogP contribution < -0.4 is 11.1 Å². The lowest BCUT2D eigenvalue weighted by molar-refractivity contribution is 0.0972. The van der Waals surface area contributed by atoms with Gasteiger partial charge in [0.15, 0.2) is 5.78 Å². The minimum Gasteiger partial charge on any atom is -0.396 e. The van der Waals surface area contributed by atoms with Gasteiger partial charge in [0.05, 0.1) is 15.5 Å². The fourth-order valence-corrected chi connectivity index (χ4v) is 4.97. The van der Waals surface area contributed by atoms with Crippen LogP contribution in [-0.4, -0.2) is 43.1 Å². The summed E-state index contributed by atoms with van der Waals surface area (Å²) < 4.78 is 0. The van der Waals surface area contributed by atoms with Gasteiger partial charge in [0.2, 0.25) is 0 Å². The maximum atomic E-state index is 12.3. The molecule has 21 heavy (non-hydrogen) atoms. The second kappa shape index (κ2) is 6.18. The van der Waals surface area contributed by atoms with Gasteiger partial charge in [-0.1, -0.05) is 0 Å². The Hall–Kier alpha value is -0.720. The molecule has 1 atom stereocenters. The van der Waals surface area contributed by atoms with Crippen LogP contribution in [0.1, 0.15) is 35.4 Å². The van der Waals surface area contributed by atoms with Gasteiger partial charge in [-0.2, -0.15) is 0 Å². The molecule has 1 saturated heterocycles. The van der Waals surface area contributed by atoms with E-state index in [9.17, 15) is 4.79 Å². The summed E-state index contributed by atoms with van der Waals surface area (Å²) in [5, 5.41) is 4.61. The Bertz CT molecular complexity index is 539. The molecule has 4 nitrogen and oxygen atoms in total. The van der Waals surface area contributed by atoms with Crippen LogP contribution >= 0.6 is 23.1 Å². The van der Waals surface area contributed by atoms with Gasteiger partial charge in [0.1, 0.15) is 5.00 Å². The third-order valence-corrected chi connectivity index (χ3v) is 6.58. The van der Waals surface area contributed by atoms with Crippen LogP contribution in [-0.2, 0) is 0 Å². The van der Waals surface area contributed by atoms with Gasteiger partial charge >= 0.3 is 0 Å². The van der Waals surface area contributed by atoms with Gasteiger partial charge in [0.25, 0.3) is 0 Å². The van der Waals surface area contributed by atoms with Crippen molar-refractivity contribution >= 4 is 39.6 Å². The average Bonchev–Trinajstić information content (AvgIpc) is 3.17. The average molecular weight is 326 g/mol. The standard InChI is InChI=1S/C15H23N3OS2/c1-18-7-3-4-10(18)8-17-15-14(20-2)11(16)13(21-15)12(19)9-5-6-9/h9-10,17H,3-8,16H2,1-2H3. The van der Waals surface area contributed by atoms with Gasteiger partial charge < -0.3 is 16.0 Å². The molecule has 0 aromatic carbocycles. The summed E-state index contributed by atoms with van der Waals surface area (Å²) in [6.07, 6.45) is 6.60. The molecular formula is C15H23N3OS2. The summed E-state index contributed by atoms with van der Waals surface area (Å²) in [4.78, 5) is 16.5. The number of nitrogen functional groups attached to an aromatic ring is 1. The van der Waals surface area contributed by atoms with E-state index in [0.29, 0.717) is 11.7 Å². The molecular weight excluding hydrogens is 302 g/mol. The number of thiophene rings is 1. The van der Waals surface area contributed by atoms with Crippen LogP contribution in [0.4, 0.5) is 10.7 Å². The zero-order valence-corrected chi connectivity index (χ0v) is 14.3. The quantitative estimate of drug-likeness (QED) is 0.621. The molecule has 1 aliphatic heterocycles. The molecule has 1 aromatic heterocycles. The number of carbonyl (C=O) groups excluding carboxylic acids is 1. The molecule has 3 rings (SSSR count). The normalized spacial score (nSPS) is 22.7. The number of rotatable bonds is 6. The minimum atomic E-state index is 0.231. The van der Waals surface area contributed by atoms with Crippen molar-refractivity contribution in [3.8, 4) is 0 Å². The summed E-state index contributed by atoms with van der Waals surface area (Å²) >= 11 is 3.18. The molecule has 6 heteroatoms. The Kier molecular flexibility index (Phi) is 4.47. The number of anilines is 2. The Morgan fingerprint density at radius 1 is 1.48 bits per heavy atom. The highest BCUT2D eigenvalue weighted by Crippen LogP contribution is 2.45.